The van der Waals surface area contributed by atoms with E-state index in [1.807, 2.05) is 24.3 Å². The van der Waals surface area contributed by atoms with Crippen LogP contribution in [0.5, 0.6) is 0 Å². The van der Waals surface area contributed by atoms with Gasteiger partial charge in [0.1, 0.15) is 12.7 Å². The first-order chi connectivity index (χ1) is 14.4. The van der Waals surface area contributed by atoms with E-state index in [0.29, 0.717) is 18.2 Å². The average molecular weight is 443 g/mol. The van der Waals surface area contributed by atoms with Crippen molar-refractivity contribution in [3.05, 3.63) is 55.1 Å². The zero-order chi connectivity index (χ0) is 21.1. The minimum atomic E-state index is -3.28. The number of amides is 2. The van der Waals surface area contributed by atoms with Crippen molar-refractivity contribution in [3.8, 4) is 11.1 Å². The Morgan fingerprint density at radius 2 is 2.00 bits per heavy atom. The van der Waals surface area contributed by atoms with Gasteiger partial charge in [-0.3, -0.25) is 10.00 Å². The van der Waals surface area contributed by atoms with Gasteiger partial charge in [-0.1, -0.05) is 29.5 Å². The first-order valence-corrected chi connectivity index (χ1v) is 11.7. The molecule has 0 saturated carbocycles. The van der Waals surface area contributed by atoms with Gasteiger partial charge in [0.15, 0.2) is 15.0 Å². The predicted molar refractivity (Wildman–Crippen MR) is 115 cm³/mol. The highest BCUT2D eigenvalue weighted by atomic mass is 32.2. The summed E-state index contributed by atoms with van der Waals surface area (Å²) in [5.41, 5.74) is 2.43. The van der Waals surface area contributed by atoms with Gasteiger partial charge in [0.05, 0.1) is 21.7 Å². The molecule has 2 aromatic carbocycles. The second-order valence-corrected chi connectivity index (χ2v) is 9.59. The van der Waals surface area contributed by atoms with Crippen molar-refractivity contribution in [1.82, 2.24) is 25.1 Å². The van der Waals surface area contributed by atoms with Gasteiger partial charge < -0.3 is 5.32 Å². The SMILES string of the molecule is CS(=O)(=O)c1cccc(-c2ccc3nc(NC(=O)NCCn4cncn4)sc3c2)c1. The first kappa shape index (κ1) is 20.0. The molecule has 0 aliphatic carbocycles. The Bertz CT molecular complexity index is 1300. The van der Waals surface area contributed by atoms with Gasteiger partial charge in [-0.15, -0.1) is 0 Å². The predicted octanol–water partition coefficient (Wildman–Crippen LogP) is 2.78. The van der Waals surface area contributed by atoms with Gasteiger partial charge in [0.25, 0.3) is 0 Å². The number of anilines is 1. The third-order valence-corrected chi connectivity index (χ3v) is 6.34. The van der Waals surface area contributed by atoms with Crippen molar-refractivity contribution < 1.29 is 13.2 Å². The number of sulfone groups is 1. The summed E-state index contributed by atoms with van der Waals surface area (Å²) < 4.78 is 26.1. The molecule has 2 aromatic heterocycles. The van der Waals surface area contributed by atoms with Crippen LogP contribution in [0.4, 0.5) is 9.93 Å². The Labute approximate surface area is 176 Å². The van der Waals surface area contributed by atoms with E-state index in [2.05, 4.69) is 25.7 Å². The largest absolute Gasteiger partial charge is 0.336 e. The lowest BCUT2D eigenvalue weighted by atomic mass is 10.1. The minimum absolute atomic E-state index is 0.273. The van der Waals surface area contributed by atoms with Crippen molar-refractivity contribution in [3.63, 3.8) is 0 Å². The molecule has 0 unspecified atom stereocenters. The molecule has 2 heterocycles. The Morgan fingerprint density at radius 3 is 2.77 bits per heavy atom. The van der Waals surface area contributed by atoms with Gasteiger partial charge in [0.2, 0.25) is 0 Å². The molecule has 0 fully saturated rings. The molecule has 9 nitrogen and oxygen atoms in total. The van der Waals surface area contributed by atoms with E-state index in [1.54, 1.807) is 29.2 Å². The van der Waals surface area contributed by atoms with Crippen LogP contribution in [0.1, 0.15) is 0 Å². The van der Waals surface area contributed by atoms with Gasteiger partial charge >= 0.3 is 6.03 Å². The quantitative estimate of drug-likeness (QED) is 0.474. The highest BCUT2D eigenvalue weighted by molar-refractivity contribution is 7.90. The number of hydrogen-bond donors (Lipinski definition) is 2. The van der Waals surface area contributed by atoms with Gasteiger partial charge in [-0.25, -0.2) is 23.2 Å². The fraction of sp³-hybridized carbons (Fsp3) is 0.158. The van der Waals surface area contributed by atoms with E-state index in [4.69, 9.17) is 0 Å². The molecule has 154 valence electrons. The maximum absolute atomic E-state index is 12.1. The summed E-state index contributed by atoms with van der Waals surface area (Å²) >= 11 is 1.35. The third-order valence-electron chi connectivity index (χ3n) is 4.30. The molecule has 2 N–H and O–H groups in total. The molecule has 0 aliphatic rings. The van der Waals surface area contributed by atoms with Crippen molar-refractivity contribution >= 4 is 42.6 Å². The van der Waals surface area contributed by atoms with Crippen molar-refractivity contribution in [1.29, 1.82) is 0 Å². The Morgan fingerprint density at radius 1 is 1.17 bits per heavy atom. The number of benzene rings is 2. The van der Waals surface area contributed by atoms with E-state index < -0.39 is 9.84 Å². The van der Waals surface area contributed by atoms with Gasteiger partial charge in [-0.05, 0) is 35.4 Å². The number of nitrogens with one attached hydrogen (secondary N) is 2. The van der Waals surface area contributed by atoms with E-state index >= 15 is 0 Å². The average Bonchev–Trinajstić information content (AvgIpc) is 3.36. The number of nitrogens with zero attached hydrogens (tertiary/aromatic N) is 4. The van der Waals surface area contributed by atoms with Crippen LogP contribution in [0.3, 0.4) is 0 Å². The summed E-state index contributed by atoms with van der Waals surface area (Å²) in [6.45, 7) is 0.921. The highest BCUT2D eigenvalue weighted by Crippen LogP contribution is 2.31. The van der Waals surface area contributed by atoms with Crippen LogP contribution in [0.15, 0.2) is 60.0 Å². The Balaban J connectivity index is 1.47. The van der Waals surface area contributed by atoms with Crippen molar-refractivity contribution in [2.24, 2.45) is 0 Å². The van der Waals surface area contributed by atoms with Crippen LogP contribution in [0.2, 0.25) is 0 Å². The lowest BCUT2D eigenvalue weighted by molar-refractivity contribution is 0.251. The summed E-state index contributed by atoms with van der Waals surface area (Å²) in [7, 11) is -3.28. The number of fused-ring (bicyclic) bond motifs is 1. The molecule has 2 amide bonds. The monoisotopic (exact) mass is 442 g/mol. The number of carbonyl (C=O) groups is 1. The number of hydrogen-bond acceptors (Lipinski definition) is 7. The summed E-state index contributed by atoms with van der Waals surface area (Å²) in [5, 5.41) is 9.92. The van der Waals surface area contributed by atoms with Crippen molar-refractivity contribution in [2.75, 3.05) is 18.1 Å². The van der Waals surface area contributed by atoms with Crippen LogP contribution < -0.4 is 10.6 Å². The maximum atomic E-state index is 12.1. The molecule has 30 heavy (non-hydrogen) atoms. The summed E-state index contributed by atoms with van der Waals surface area (Å²) in [6.07, 6.45) is 4.21. The second-order valence-electron chi connectivity index (χ2n) is 6.54. The molecule has 0 saturated heterocycles. The van der Waals surface area contributed by atoms with E-state index in [-0.39, 0.29) is 10.9 Å². The number of thiazole rings is 1. The lowest BCUT2D eigenvalue weighted by Crippen LogP contribution is -2.31. The molecule has 11 heteroatoms. The molecule has 4 aromatic rings. The Kier molecular flexibility index (Phi) is 5.46. The second kappa shape index (κ2) is 8.20. The molecule has 0 aliphatic heterocycles. The van der Waals surface area contributed by atoms with Crippen molar-refractivity contribution in [2.45, 2.75) is 11.4 Å². The van der Waals surface area contributed by atoms with E-state index in [1.165, 1.54) is 23.9 Å². The summed E-state index contributed by atoms with van der Waals surface area (Å²) in [5.74, 6) is 0. The topological polar surface area (TPSA) is 119 Å². The minimum Gasteiger partial charge on any atom is -0.336 e. The van der Waals surface area contributed by atoms with Gasteiger partial charge in [0, 0.05) is 12.8 Å². The fourth-order valence-electron chi connectivity index (χ4n) is 2.84. The number of urea groups is 1. The highest BCUT2D eigenvalue weighted by Gasteiger charge is 2.11. The number of aromatic nitrogens is 4. The van der Waals surface area contributed by atoms with Crippen LogP contribution in [0, 0.1) is 0 Å². The molecular formula is C19H18N6O3S2. The maximum Gasteiger partial charge on any atom is 0.321 e. The zero-order valence-electron chi connectivity index (χ0n) is 15.9. The molecule has 0 atom stereocenters. The molecule has 0 spiro atoms. The smallest absolute Gasteiger partial charge is 0.321 e. The number of rotatable bonds is 6. The number of carbonyl (C=O) groups excluding carboxylic acids is 1. The zero-order valence-corrected chi connectivity index (χ0v) is 17.6. The molecule has 0 radical (unpaired) electrons. The Hall–Kier alpha value is -3.31. The summed E-state index contributed by atoms with van der Waals surface area (Å²) in [6, 6.07) is 12.1. The normalized spacial score (nSPS) is 11.5. The first-order valence-electron chi connectivity index (χ1n) is 8.97. The third kappa shape index (κ3) is 4.63. The van der Waals surface area contributed by atoms with E-state index in [9.17, 15) is 13.2 Å². The van der Waals surface area contributed by atoms with Gasteiger partial charge in [-0.2, -0.15) is 5.10 Å². The lowest BCUT2D eigenvalue weighted by Gasteiger charge is -2.04. The molecule has 0 bridgehead atoms. The summed E-state index contributed by atoms with van der Waals surface area (Å²) in [4.78, 5) is 20.6. The van der Waals surface area contributed by atoms with Crippen LogP contribution in [-0.4, -0.2) is 47.0 Å². The molecule has 4 rings (SSSR count). The standard InChI is InChI=1S/C19H18N6O3S2/c1-30(27,28)15-4-2-3-13(9-15)14-5-6-16-17(10-14)29-19(23-16)24-18(26)21-7-8-25-12-20-11-22-25/h2-6,9-12H,7-8H2,1H3,(H2,21,23,24,26). The van der Waals surface area contributed by atoms with Crippen LogP contribution in [-0.2, 0) is 16.4 Å². The van der Waals surface area contributed by atoms with Crippen LogP contribution >= 0.6 is 11.3 Å². The van der Waals surface area contributed by atoms with E-state index in [0.717, 1.165) is 21.3 Å². The van der Waals surface area contributed by atoms with Crippen LogP contribution in [0.25, 0.3) is 21.3 Å². The fourth-order valence-corrected chi connectivity index (χ4v) is 4.40. The molecular weight excluding hydrogens is 424 g/mol.